The quantitative estimate of drug-likeness (QED) is 0.799. The molecule has 0 bridgehead atoms. The summed E-state index contributed by atoms with van der Waals surface area (Å²) in [6.07, 6.45) is 5.93. The number of hydrogen-bond acceptors (Lipinski definition) is 4. The maximum absolute atomic E-state index is 10.9. The lowest BCUT2D eigenvalue weighted by Gasteiger charge is -2.50. The van der Waals surface area contributed by atoms with Gasteiger partial charge in [-0.1, -0.05) is 13.0 Å². The second-order valence-corrected chi connectivity index (χ2v) is 8.95. The Bertz CT molecular complexity index is 759. The Morgan fingerprint density at radius 3 is 2.75 bits per heavy atom. The lowest BCUT2D eigenvalue weighted by molar-refractivity contribution is -0.0226. The molecule has 4 rings (SSSR count). The fraction of sp³-hybridized carbons (Fsp3) is 0.667. The van der Waals surface area contributed by atoms with Crippen molar-refractivity contribution in [3.63, 3.8) is 0 Å². The Balaban J connectivity index is 1.63. The van der Waals surface area contributed by atoms with E-state index in [9.17, 15) is 13.5 Å². The van der Waals surface area contributed by atoms with Crippen LogP contribution < -0.4 is 4.18 Å². The Kier molecular flexibility index (Phi) is 3.71. The van der Waals surface area contributed by atoms with Crippen molar-refractivity contribution in [2.45, 2.75) is 57.5 Å². The molecule has 0 saturated heterocycles. The van der Waals surface area contributed by atoms with E-state index in [1.807, 2.05) is 6.07 Å². The van der Waals surface area contributed by atoms with E-state index in [0.29, 0.717) is 17.8 Å². The number of aliphatic hydroxyl groups is 1. The highest BCUT2D eigenvalue weighted by molar-refractivity contribution is 7.81. The Morgan fingerprint density at radius 2 is 2.00 bits per heavy atom. The van der Waals surface area contributed by atoms with Crippen molar-refractivity contribution in [1.29, 1.82) is 0 Å². The molecule has 3 aliphatic rings. The van der Waals surface area contributed by atoms with Crippen LogP contribution in [0.15, 0.2) is 18.2 Å². The van der Waals surface area contributed by atoms with Gasteiger partial charge in [-0.25, -0.2) is 0 Å². The number of hydrogen-bond donors (Lipinski definition) is 2. The summed E-state index contributed by atoms with van der Waals surface area (Å²) >= 11 is 0. The van der Waals surface area contributed by atoms with Gasteiger partial charge in [0.25, 0.3) is 0 Å². The maximum atomic E-state index is 10.9. The van der Waals surface area contributed by atoms with E-state index in [2.05, 4.69) is 11.1 Å². The smallest absolute Gasteiger partial charge is 0.393 e. The molecule has 2 fully saturated rings. The monoisotopic (exact) mass is 352 g/mol. The van der Waals surface area contributed by atoms with Crippen LogP contribution in [0.3, 0.4) is 0 Å². The fourth-order valence-electron chi connectivity index (χ4n) is 5.70. The maximum Gasteiger partial charge on any atom is 0.446 e. The number of aryl methyl sites for hydroxylation is 1. The third kappa shape index (κ3) is 2.55. The third-order valence-electron chi connectivity index (χ3n) is 6.85. The molecule has 5 atom stereocenters. The van der Waals surface area contributed by atoms with Crippen LogP contribution in [-0.4, -0.2) is 24.2 Å². The topological polar surface area (TPSA) is 83.8 Å². The van der Waals surface area contributed by atoms with Crippen molar-refractivity contribution in [1.82, 2.24) is 0 Å². The van der Waals surface area contributed by atoms with E-state index in [4.69, 9.17) is 4.55 Å². The largest absolute Gasteiger partial charge is 0.446 e. The number of benzene rings is 1. The summed E-state index contributed by atoms with van der Waals surface area (Å²) < 4.78 is 35.2. The summed E-state index contributed by atoms with van der Waals surface area (Å²) in [5.74, 6) is 1.83. The summed E-state index contributed by atoms with van der Waals surface area (Å²) in [4.78, 5) is 0. The van der Waals surface area contributed by atoms with Crippen LogP contribution in [0, 0.1) is 17.3 Å². The summed E-state index contributed by atoms with van der Waals surface area (Å²) in [5, 5.41) is 10.4. The minimum Gasteiger partial charge on any atom is -0.393 e. The van der Waals surface area contributed by atoms with Gasteiger partial charge in [0.05, 0.1) is 6.10 Å². The van der Waals surface area contributed by atoms with E-state index in [1.165, 1.54) is 5.56 Å². The van der Waals surface area contributed by atoms with E-state index < -0.39 is 10.4 Å². The van der Waals surface area contributed by atoms with Crippen molar-refractivity contribution < 1.29 is 22.3 Å². The molecule has 2 N–H and O–H groups in total. The molecule has 5 nitrogen and oxygen atoms in total. The Morgan fingerprint density at radius 1 is 1.21 bits per heavy atom. The molecule has 1 aromatic rings. The van der Waals surface area contributed by atoms with Crippen molar-refractivity contribution >= 4 is 10.4 Å². The number of aliphatic hydroxyl groups excluding tert-OH is 1. The van der Waals surface area contributed by atoms with Gasteiger partial charge in [0.2, 0.25) is 0 Å². The van der Waals surface area contributed by atoms with Gasteiger partial charge in [-0.2, -0.15) is 8.42 Å². The first-order valence-electron chi connectivity index (χ1n) is 8.76. The molecule has 0 heterocycles. The van der Waals surface area contributed by atoms with Gasteiger partial charge in [-0.15, -0.1) is 0 Å². The number of fused-ring (bicyclic) bond motifs is 5. The van der Waals surface area contributed by atoms with Gasteiger partial charge in [0.15, 0.2) is 0 Å². The first-order chi connectivity index (χ1) is 11.3. The zero-order valence-corrected chi connectivity index (χ0v) is 14.6. The Labute approximate surface area is 143 Å². The van der Waals surface area contributed by atoms with Gasteiger partial charge in [0.1, 0.15) is 5.75 Å². The zero-order valence-electron chi connectivity index (χ0n) is 13.8. The molecular formula is C18H24O5S. The SMILES string of the molecule is C[C@]12CC[C@@H]3c4ccc(OS(=O)(=O)O)cc4CC[C@H]3[C@@H]1CCC2O. The van der Waals surface area contributed by atoms with Gasteiger partial charge >= 0.3 is 10.4 Å². The van der Waals surface area contributed by atoms with Crippen LogP contribution in [0.25, 0.3) is 0 Å². The van der Waals surface area contributed by atoms with Crippen molar-refractivity contribution in [3.05, 3.63) is 29.3 Å². The summed E-state index contributed by atoms with van der Waals surface area (Å²) in [6.45, 7) is 2.25. The molecular weight excluding hydrogens is 328 g/mol. The fourth-order valence-corrected chi connectivity index (χ4v) is 6.05. The molecule has 2 saturated carbocycles. The lowest BCUT2D eigenvalue weighted by atomic mass is 9.55. The molecule has 0 aromatic heterocycles. The van der Waals surface area contributed by atoms with Crippen molar-refractivity contribution in [3.8, 4) is 5.75 Å². The highest BCUT2D eigenvalue weighted by Gasteiger charge is 2.54. The standard InChI is InChI=1S/C18H24O5S/c1-18-9-8-14-13-5-3-12(23-24(20,21)22)10-11(13)2-4-15(14)16(18)6-7-17(18)19/h3,5,10,14-17,19H,2,4,6-9H2,1H3,(H,20,21,22)/t14-,15-,16+,17?,18+/m1/s1. The van der Waals surface area contributed by atoms with E-state index >= 15 is 0 Å². The first-order valence-corrected chi connectivity index (χ1v) is 10.1. The van der Waals surface area contributed by atoms with Crippen LogP contribution in [-0.2, 0) is 16.8 Å². The van der Waals surface area contributed by atoms with E-state index in [1.54, 1.807) is 12.1 Å². The van der Waals surface area contributed by atoms with Gasteiger partial charge < -0.3 is 9.29 Å². The lowest BCUT2D eigenvalue weighted by Crippen LogP contribution is -2.43. The molecule has 3 aliphatic carbocycles. The van der Waals surface area contributed by atoms with Crippen LogP contribution in [0.4, 0.5) is 0 Å². The molecule has 0 radical (unpaired) electrons. The highest BCUT2D eigenvalue weighted by Crippen LogP contribution is 2.60. The number of rotatable bonds is 2. The molecule has 24 heavy (non-hydrogen) atoms. The molecule has 1 aromatic carbocycles. The van der Waals surface area contributed by atoms with Crippen LogP contribution in [0.5, 0.6) is 5.75 Å². The van der Waals surface area contributed by atoms with Crippen molar-refractivity contribution in [2.24, 2.45) is 17.3 Å². The van der Waals surface area contributed by atoms with Crippen LogP contribution in [0.1, 0.15) is 56.1 Å². The minimum atomic E-state index is -4.48. The van der Waals surface area contributed by atoms with Gasteiger partial charge in [0, 0.05) is 0 Å². The molecule has 1 unspecified atom stereocenters. The molecule has 132 valence electrons. The molecule has 0 amide bonds. The summed E-state index contributed by atoms with van der Waals surface area (Å²) in [7, 11) is -4.48. The van der Waals surface area contributed by atoms with Crippen LogP contribution in [0.2, 0.25) is 0 Å². The first kappa shape index (κ1) is 16.4. The molecule has 0 spiro atoms. The van der Waals surface area contributed by atoms with Crippen molar-refractivity contribution in [2.75, 3.05) is 0 Å². The highest BCUT2D eigenvalue weighted by atomic mass is 32.3. The van der Waals surface area contributed by atoms with E-state index in [-0.39, 0.29) is 17.3 Å². The molecule has 6 heteroatoms. The van der Waals surface area contributed by atoms with E-state index in [0.717, 1.165) is 44.1 Å². The van der Waals surface area contributed by atoms with Crippen LogP contribution >= 0.6 is 0 Å². The average Bonchev–Trinajstić information content (AvgIpc) is 2.81. The Hall–Kier alpha value is -1.11. The normalized spacial score (nSPS) is 38.1. The predicted octanol–water partition coefficient (Wildman–Crippen LogP) is 3.09. The average molecular weight is 352 g/mol. The predicted molar refractivity (Wildman–Crippen MR) is 89.2 cm³/mol. The summed E-state index contributed by atoms with van der Waals surface area (Å²) in [5.41, 5.74) is 2.48. The second kappa shape index (κ2) is 5.44. The van der Waals surface area contributed by atoms with Gasteiger partial charge in [-0.3, -0.25) is 4.55 Å². The minimum absolute atomic E-state index is 0.0622. The third-order valence-corrected chi connectivity index (χ3v) is 7.25. The molecule has 0 aliphatic heterocycles. The summed E-state index contributed by atoms with van der Waals surface area (Å²) in [6, 6.07) is 5.34. The zero-order chi connectivity index (χ0) is 17.1. The second-order valence-electron chi connectivity index (χ2n) is 7.92. The van der Waals surface area contributed by atoms with Gasteiger partial charge in [-0.05, 0) is 85.0 Å².